The number of carbonyl (C=O) groups excluding carboxylic acids is 1. The van der Waals surface area contributed by atoms with Crippen LogP contribution in [0.1, 0.15) is 55.5 Å². The molecule has 0 atom stereocenters. The third-order valence-corrected chi connectivity index (χ3v) is 4.68. The molecule has 0 aliphatic heterocycles. The van der Waals surface area contributed by atoms with Crippen molar-refractivity contribution in [1.29, 1.82) is 0 Å². The lowest BCUT2D eigenvalue weighted by atomic mass is 9.75. The zero-order chi connectivity index (χ0) is 15.5. The van der Waals surface area contributed by atoms with Gasteiger partial charge in [0.05, 0.1) is 0 Å². The van der Waals surface area contributed by atoms with Gasteiger partial charge in [0.2, 0.25) is 0 Å². The van der Waals surface area contributed by atoms with Gasteiger partial charge in [-0.25, -0.2) is 5.84 Å². The molecule has 1 amide bonds. The van der Waals surface area contributed by atoms with Crippen molar-refractivity contribution in [3.8, 4) is 0 Å². The molecule has 21 heavy (non-hydrogen) atoms. The van der Waals surface area contributed by atoms with E-state index in [-0.39, 0.29) is 5.91 Å². The Morgan fingerprint density at radius 3 is 2.67 bits per heavy atom. The number of hydrogen-bond donors (Lipinski definition) is 2. The summed E-state index contributed by atoms with van der Waals surface area (Å²) >= 11 is 0. The van der Waals surface area contributed by atoms with Gasteiger partial charge in [-0.1, -0.05) is 26.0 Å². The number of nitrogens with zero attached hydrogens (tertiary/aromatic N) is 1. The second kappa shape index (κ2) is 6.58. The maximum Gasteiger partial charge on any atom is 0.265 e. The minimum atomic E-state index is -0.237. The van der Waals surface area contributed by atoms with E-state index in [1.54, 1.807) is 6.07 Å². The van der Waals surface area contributed by atoms with Gasteiger partial charge in [-0.15, -0.1) is 0 Å². The molecule has 0 spiro atoms. The molecule has 0 heterocycles. The topological polar surface area (TPSA) is 58.4 Å². The first-order valence-corrected chi connectivity index (χ1v) is 7.71. The first-order valence-electron chi connectivity index (χ1n) is 7.71. The highest BCUT2D eigenvalue weighted by Crippen LogP contribution is 2.36. The molecule has 4 nitrogen and oxygen atoms in total. The van der Waals surface area contributed by atoms with Gasteiger partial charge in [-0.05, 0) is 55.8 Å². The zero-order valence-corrected chi connectivity index (χ0v) is 13.4. The van der Waals surface area contributed by atoms with E-state index in [0.717, 1.165) is 12.1 Å². The van der Waals surface area contributed by atoms with Crippen molar-refractivity contribution >= 4 is 5.91 Å². The molecule has 1 aromatic carbocycles. The van der Waals surface area contributed by atoms with Crippen molar-refractivity contribution in [2.24, 2.45) is 11.3 Å². The molecule has 0 radical (unpaired) electrons. The van der Waals surface area contributed by atoms with Crippen molar-refractivity contribution in [3.63, 3.8) is 0 Å². The summed E-state index contributed by atoms with van der Waals surface area (Å²) in [5.74, 6) is 4.95. The fourth-order valence-electron chi connectivity index (χ4n) is 3.14. The summed E-state index contributed by atoms with van der Waals surface area (Å²) in [6.45, 7) is 5.59. The van der Waals surface area contributed by atoms with Crippen LogP contribution in [-0.4, -0.2) is 23.9 Å². The molecule has 1 aliphatic carbocycles. The predicted molar refractivity (Wildman–Crippen MR) is 85.6 cm³/mol. The van der Waals surface area contributed by atoms with Gasteiger partial charge >= 0.3 is 0 Å². The summed E-state index contributed by atoms with van der Waals surface area (Å²) in [6.07, 6.45) is 5.09. The molecule has 0 saturated heterocycles. The number of rotatable bonds is 4. The molecule has 0 aromatic heterocycles. The summed E-state index contributed by atoms with van der Waals surface area (Å²) in [7, 11) is 2.18. The first-order chi connectivity index (χ1) is 9.91. The van der Waals surface area contributed by atoms with Crippen molar-refractivity contribution in [3.05, 3.63) is 35.4 Å². The van der Waals surface area contributed by atoms with E-state index >= 15 is 0 Å². The van der Waals surface area contributed by atoms with E-state index in [2.05, 4.69) is 37.3 Å². The summed E-state index contributed by atoms with van der Waals surface area (Å²) < 4.78 is 0. The first kappa shape index (κ1) is 16.0. The molecule has 2 rings (SSSR count). The van der Waals surface area contributed by atoms with Crippen LogP contribution in [0.3, 0.4) is 0 Å². The molecule has 1 aliphatic rings. The Hall–Kier alpha value is -1.39. The van der Waals surface area contributed by atoms with Crippen LogP contribution < -0.4 is 11.3 Å². The third kappa shape index (κ3) is 4.29. The second-order valence-electron chi connectivity index (χ2n) is 6.98. The lowest BCUT2D eigenvalue weighted by Gasteiger charge is -2.38. The van der Waals surface area contributed by atoms with Gasteiger partial charge in [0, 0.05) is 18.2 Å². The number of nitrogens with one attached hydrogen (secondary N) is 1. The van der Waals surface area contributed by atoms with E-state index in [4.69, 9.17) is 5.84 Å². The molecule has 1 saturated carbocycles. The van der Waals surface area contributed by atoms with Crippen LogP contribution in [0.5, 0.6) is 0 Å². The maximum atomic E-state index is 11.6. The Labute approximate surface area is 127 Å². The summed E-state index contributed by atoms with van der Waals surface area (Å²) in [6, 6.07) is 8.33. The van der Waals surface area contributed by atoms with Gasteiger partial charge < -0.3 is 0 Å². The minimum absolute atomic E-state index is 0.237. The SMILES string of the molecule is CN(Cc1cccc(C(=O)NN)c1)C1CCC(C)(C)CC1. The van der Waals surface area contributed by atoms with Crippen LogP contribution in [0.4, 0.5) is 0 Å². The monoisotopic (exact) mass is 289 g/mol. The lowest BCUT2D eigenvalue weighted by Crippen LogP contribution is -2.36. The molecular formula is C17H27N3O. The highest BCUT2D eigenvalue weighted by atomic mass is 16.2. The van der Waals surface area contributed by atoms with Crippen LogP contribution in [0.25, 0.3) is 0 Å². The van der Waals surface area contributed by atoms with E-state index < -0.39 is 0 Å². The molecule has 4 heteroatoms. The van der Waals surface area contributed by atoms with Gasteiger partial charge in [0.15, 0.2) is 0 Å². The van der Waals surface area contributed by atoms with Crippen LogP contribution in [0.15, 0.2) is 24.3 Å². The van der Waals surface area contributed by atoms with E-state index in [1.165, 1.54) is 25.7 Å². The van der Waals surface area contributed by atoms with Crippen molar-refractivity contribution in [1.82, 2.24) is 10.3 Å². The van der Waals surface area contributed by atoms with Gasteiger partial charge in [-0.2, -0.15) is 0 Å². The Balaban J connectivity index is 1.97. The number of nitrogen functional groups attached to an aromatic ring is 1. The summed E-state index contributed by atoms with van der Waals surface area (Å²) in [5.41, 5.74) is 4.45. The van der Waals surface area contributed by atoms with E-state index in [0.29, 0.717) is 17.0 Å². The van der Waals surface area contributed by atoms with Crippen molar-refractivity contribution in [2.75, 3.05) is 7.05 Å². The number of hydrazine groups is 1. The Bertz CT molecular complexity index is 489. The van der Waals surface area contributed by atoms with Crippen molar-refractivity contribution < 1.29 is 4.79 Å². The predicted octanol–water partition coefficient (Wildman–Crippen LogP) is 2.69. The molecule has 0 bridgehead atoms. The standard InChI is InChI=1S/C17H27N3O/c1-17(2)9-7-15(8-10-17)20(3)12-13-5-4-6-14(11-13)16(21)19-18/h4-6,11,15H,7-10,12,18H2,1-3H3,(H,19,21). The number of carbonyl (C=O) groups is 1. The third-order valence-electron chi connectivity index (χ3n) is 4.68. The van der Waals surface area contributed by atoms with Gasteiger partial charge in [0.1, 0.15) is 0 Å². The lowest BCUT2D eigenvalue weighted by molar-refractivity contribution is 0.0953. The number of nitrogens with two attached hydrogens (primary N) is 1. The maximum absolute atomic E-state index is 11.6. The Morgan fingerprint density at radius 1 is 1.38 bits per heavy atom. The number of hydrogen-bond acceptors (Lipinski definition) is 3. The molecule has 116 valence electrons. The fraction of sp³-hybridized carbons (Fsp3) is 0.588. The van der Waals surface area contributed by atoms with Crippen LogP contribution in [0.2, 0.25) is 0 Å². The fourth-order valence-corrected chi connectivity index (χ4v) is 3.14. The van der Waals surface area contributed by atoms with Crippen LogP contribution in [0, 0.1) is 5.41 Å². The van der Waals surface area contributed by atoms with Crippen molar-refractivity contribution in [2.45, 2.75) is 52.1 Å². The highest BCUT2D eigenvalue weighted by Gasteiger charge is 2.28. The molecular weight excluding hydrogens is 262 g/mol. The van der Waals surface area contributed by atoms with Crippen LogP contribution in [-0.2, 0) is 6.54 Å². The average molecular weight is 289 g/mol. The highest BCUT2D eigenvalue weighted by molar-refractivity contribution is 5.93. The largest absolute Gasteiger partial charge is 0.299 e. The molecule has 1 fully saturated rings. The molecule has 3 N–H and O–H groups in total. The van der Waals surface area contributed by atoms with Crippen LogP contribution >= 0.6 is 0 Å². The molecule has 0 unspecified atom stereocenters. The van der Waals surface area contributed by atoms with Gasteiger partial charge in [0.25, 0.3) is 5.91 Å². The van der Waals surface area contributed by atoms with E-state index in [1.807, 2.05) is 12.1 Å². The normalized spacial score (nSPS) is 18.7. The zero-order valence-electron chi connectivity index (χ0n) is 13.4. The number of benzene rings is 1. The Kier molecular flexibility index (Phi) is 5.01. The quantitative estimate of drug-likeness (QED) is 0.509. The number of amides is 1. The summed E-state index contributed by atoms with van der Waals surface area (Å²) in [4.78, 5) is 14.0. The smallest absolute Gasteiger partial charge is 0.265 e. The van der Waals surface area contributed by atoms with Gasteiger partial charge in [-0.3, -0.25) is 15.1 Å². The Morgan fingerprint density at radius 2 is 2.05 bits per heavy atom. The van der Waals surface area contributed by atoms with E-state index in [9.17, 15) is 4.79 Å². The minimum Gasteiger partial charge on any atom is -0.299 e. The second-order valence-corrected chi connectivity index (χ2v) is 6.98. The summed E-state index contributed by atoms with van der Waals surface area (Å²) in [5, 5.41) is 0. The molecule has 1 aromatic rings. The average Bonchev–Trinajstić information content (AvgIpc) is 2.46.